The minimum atomic E-state index is 0.138. The van der Waals surface area contributed by atoms with Gasteiger partial charge < -0.3 is 4.74 Å². The summed E-state index contributed by atoms with van der Waals surface area (Å²) in [5.41, 5.74) is 2.12. The van der Waals surface area contributed by atoms with Gasteiger partial charge in [-0.3, -0.25) is 4.79 Å². The normalized spacial score (nSPS) is 18.8. The molecule has 2 rings (SSSR count). The Bertz CT molecular complexity index is 396. The summed E-state index contributed by atoms with van der Waals surface area (Å²) in [5.74, 6) is 1.000. The van der Waals surface area contributed by atoms with Gasteiger partial charge in [-0.2, -0.15) is 0 Å². The van der Waals surface area contributed by atoms with E-state index < -0.39 is 0 Å². The molecular formula is C15H20O2. The largest absolute Gasteiger partial charge is 0.381 e. The summed E-state index contributed by atoms with van der Waals surface area (Å²) < 4.78 is 5.55. The molecule has 0 bridgehead atoms. The first-order valence-corrected chi connectivity index (χ1v) is 6.38. The van der Waals surface area contributed by atoms with Crippen molar-refractivity contribution >= 4 is 5.78 Å². The molecule has 1 aliphatic carbocycles. The maximum absolute atomic E-state index is 12.1. The van der Waals surface area contributed by atoms with Crippen LogP contribution < -0.4 is 0 Å². The number of rotatable bonds is 5. The van der Waals surface area contributed by atoms with Crippen molar-refractivity contribution < 1.29 is 9.53 Å². The molecule has 92 valence electrons. The molecule has 17 heavy (non-hydrogen) atoms. The number of ketones is 1. The number of carbonyl (C=O) groups excluding carboxylic acids is 1. The number of carbonyl (C=O) groups is 1. The lowest BCUT2D eigenvalue weighted by Gasteiger charge is -2.09. The van der Waals surface area contributed by atoms with Crippen LogP contribution in [0.15, 0.2) is 24.3 Å². The first-order chi connectivity index (χ1) is 8.18. The Hall–Kier alpha value is -1.15. The van der Waals surface area contributed by atoms with Gasteiger partial charge in [0.25, 0.3) is 0 Å². The number of Topliss-reactive ketones (excluding diaryl/α,β-unsaturated/α-hetero) is 1. The molecule has 0 amide bonds. The summed E-state index contributed by atoms with van der Waals surface area (Å²) in [6.45, 7) is 5.75. The van der Waals surface area contributed by atoms with Gasteiger partial charge in [0.1, 0.15) is 0 Å². The molecule has 2 heteroatoms. The predicted octanol–water partition coefficient (Wildman–Crippen LogP) is 3.10. The minimum absolute atomic E-state index is 0.138. The van der Waals surface area contributed by atoms with Crippen LogP contribution in [0.4, 0.5) is 0 Å². The molecule has 0 aromatic heterocycles. The average Bonchev–Trinajstić information content (AvgIpc) is 2.63. The van der Waals surface area contributed by atoms with Gasteiger partial charge in [-0.1, -0.05) is 38.1 Å². The van der Waals surface area contributed by atoms with E-state index in [1.54, 1.807) is 0 Å². The summed E-state index contributed by atoms with van der Waals surface area (Å²) in [4.78, 5) is 12.1. The quantitative estimate of drug-likeness (QED) is 0.729. The highest BCUT2D eigenvalue weighted by Gasteiger charge is 2.29. The zero-order valence-corrected chi connectivity index (χ0v) is 10.6. The molecule has 0 radical (unpaired) electrons. The highest BCUT2D eigenvalue weighted by Crippen LogP contribution is 2.28. The highest BCUT2D eigenvalue weighted by molar-refractivity contribution is 6.02. The maximum atomic E-state index is 12.1. The Morgan fingerprint density at radius 1 is 1.35 bits per heavy atom. The minimum Gasteiger partial charge on any atom is -0.381 e. The third-order valence-electron chi connectivity index (χ3n) is 3.18. The van der Waals surface area contributed by atoms with Crippen LogP contribution in [0, 0.1) is 11.8 Å². The van der Waals surface area contributed by atoms with Gasteiger partial charge in [0, 0.05) is 24.7 Å². The summed E-state index contributed by atoms with van der Waals surface area (Å²) in [6.07, 6.45) is 1.74. The first kappa shape index (κ1) is 12.3. The topological polar surface area (TPSA) is 26.3 Å². The Kier molecular flexibility index (Phi) is 3.95. The summed E-state index contributed by atoms with van der Waals surface area (Å²) in [7, 11) is 0. The zero-order valence-electron chi connectivity index (χ0n) is 10.6. The Morgan fingerprint density at radius 3 is 2.82 bits per heavy atom. The smallest absolute Gasteiger partial charge is 0.166 e. The Morgan fingerprint density at radius 2 is 2.12 bits per heavy atom. The summed E-state index contributed by atoms with van der Waals surface area (Å²) in [5, 5.41) is 0. The van der Waals surface area contributed by atoms with E-state index >= 15 is 0 Å². The fourth-order valence-electron chi connectivity index (χ4n) is 2.29. The van der Waals surface area contributed by atoms with E-state index in [9.17, 15) is 4.79 Å². The number of hydrogen-bond donors (Lipinski definition) is 0. The van der Waals surface area contributed by atoms with Gasteiger partial charge in [-0.15, -0.1) is 0 Å². The van der Waals surface area contributed by atoms with Crippen molar-refractivity contribution in [2.45, 2.75) is 26.7 Å². The molecule has 2 nitrogen and oxygen atoms in total. The van der Waals surface area contributed by atoms with Crippen LogP contribution in [-0.2, 0) is 11.2 Å². The molecule has 1 unspecified atom stereocenters. The van der Waals surface area contributed by atoms with Crippen LogP contribution in [0.3, 0.4) is 0 Å². The lowest BCUT2D eigenvalue weighted by molar-refractivity contribution is 0.0807. The van der Waals surface area contributed by atoms with Crippen LogP contribution in [0.2, 0.25) is 0 Å². The third kappa shape index (κ3) is 2.95. The highest BCUT2D eigenvalue weighted by atomic mass is 16.5. The standard InChI is InChI=1S/C15H20O2/c1-11(2)10-17-8-7-13-9-12-5-3-4-6-14(12)15(13)16/h3-6,11,13H,7-10H2,1-2H3. The Balaban J connectivity index is 1.84. The predicted molar refractivity (Wildman–Crippen MR) is 68.2 cm³/mol. The number of fused-ring (bicyclic) bond motifs is 1. The van der Waals surface area contributed by atoms with E-state index in [2.05, 4.69) is 19.9 Å². The third-order valence-corrected chi connectivity index (χ3v) is 3.18. The number of benzene rings is 1. The maximum Gasteiger partial charge on any atom is 0.166 e. The van der Waals surface area contributed by atoms with Gasteiger partial charge in [0.2, 0.25) is 0 Å². The average molecular weight is 232 g/mol. The Labute approximate surface area is 103 Å². The molecule has 0 aliphatic heterocycles. The molecule has 1 atom stereocenters. The molecule has 0 N–H and O–H groups in total. The second-order valence-corrected chi connectivity index (χ2v) is 5.18. The van der Waals surface area contributed by atoms with E-state index in [-0.39, 0.29) is 5.92 Å². The van der Waals surface area contributed by atoms with Gasteiger partial charge in [-0.25, -0.2) is 0 Å². The van der Waals surface area contributed by atoms with Crippen LogP contribution >= 0.6 is 0 Å². The van der Waals surface area contributed by atoms with E-state index in [4.69, 9.17) is 4.74 Å². The van der Waals surface area contributed by atoms with Gasteiger partial charge in [0.15, 0.2) is 5.78 Å². The number of hydrogen-bond acceptors (Lipinski definition) is 2. The van der Waals surface area contributed by atoms with Crippen LogP contribution in [0.25, 0.3) is 0 Å². The molecule has 0 heterocycles. The summed E-state index contributed by atoms with van der Waals surface area (Å²) >= 11 is 0. The van der Waals surface area contributed by atoms with Crippen molar-refractivity contribution in [1.82, 2.24) is 0 Å². The SMILES string of the molecule is CC(C)COCCC1Cc2ccccc2C1=O. The van der Waals surface area contributed by atoms with Crippen molar-refractivity contribution in [2.75, 3.05) is 13.2 Å². The van der Waals surface area contributed by atoms with E-state index in [1.807, 2.05) is 18.2 Å². The number of ether oxygens (including phenoxy) is 1. The van der Waals surface area contributed by atoms with Crippen LogP contribution in [0.1, 0.15) is 36.2 Å². The summed E-state index contributed by atoms with van der Waals surface area (Å²) in [6, 6.07) is 7.94. The van der Waals surface area contributed by atoms with Crippen molar-refractivity contribution in [3.05, 3.63) is 35.4 Å². The van der Waals surface area contributed by atoms with Gasteiger partial charge >= 0.3 is 0 Å². The van der Waals surface area contributed by atoms with Gasteiger partial charge in [-0.05, 0) is 24.3 Å². The van der Waals surface area contributed by atoms with Crippen molar-refractivity contribution in [2.24, 2.45) is 11.8 Å². The van der Waals surface area contributed by atoms with E-state index in [0.717, 1.165) is 25.0 Å². The van der Waals surface area contributed by atoms with E-state index in [0.29, 0.717) is 18.3 Å². The molecule has 0 spiro atoms. The lowest BCUT2D eigenvalue weighted by Crippen LogP contribution is -2.13. The molecule has 1 aromatic carbocycles. The second-order valence-electron chi connectivity index (χ2n) is 5.18. The molecule has 1 aromatic rings. The van der Waals surface area contributed by atoms with Crippen molar-refractivity contribution in [1.29, 1.82) is 0 Å². The lowest BCUT2D eigenvalue weighted by atomic mass is 10.0. The fourth-order valence-corrected chi connectivity index (χ4v) is 2.29. The van der Waals surface area contributed by atoms with Crippen molar-refractivity contribution in [3.63, 3.8) is 0 Å². The fraction of sp³-hybridized carbons (Fsp3) is 0.533. The van der Waals surface area contributed by atoms with Crippen molar-refractivity contribution in [3.8, 4) is 0 Å². The molecule has 0 fully saturated rings. The molecule has 0 saturated carbocycles. The molecular weight excluding hydrogens is 212 g/mol. The zero-order chi connectivity index (χ0) is 12.3. The monoisotopic (exact) mass is 232 g/mol. The van der Waals surface area contributed by atoms with Crippen LogP contribution in [-0.4, -0.2) is 19.0 Å². The second kappa shape index (κ2) is 5.46. The van der Waals surface area contributed by atoms with Crippen LogP contribution in [0.5, 0.6) is 0 Å². The van der Waals surface area contributed by atoms with E-state index in [1.165, 1.54) is 5.56 Å². The molecule has 1 aliphatic rings. The first-order valence-electron chi connectivity index (χ1n) is 6.38. The van der Waals surface area contributed by atoms with Gasteiger partial charge in [0.05, 0.1) is 0 Å². The molecule has 0 saturated heterocycles.